The molecule has 1 fully saturated rings. The van der Waals surface area contributed by atoms with Crippen molar-refractivity contribution in [1.29, 1.82) is 0 Å². The number of nitrogens with zero attached hydrogens (tertiary/aromatic N) is 3. The van der Waals surface area contributed by atoms with Crippen molar-refractivity contribution < 1.29 is 8.42 Å². The summed E-state index contributed by atoms with van der Waals surface area (Å²) in [5, 5.41) is 6.81. The predicted octanol–water partition coefficient (Wildman–Crippen LogP) is 2.82. The first-order valence-corrected chi connectivity index (χ1v) is 11.6. The molecule has 0 bridgehead atoms. The molecule has 2 heterocycles. The molecule has 1 saturated heterocycles. The number of rotatable bonds is 5. The van der Waals surface area contributed by atoms with E-state index in [9.17, 15) is 13.2 Å². The maximum atomic E-state index is 12.9. The Bertz CT molecular complexity index is 1190. The topological polar surface area (TPSA) is 88.1 Å². The van der Waals surface area contributed by atoms with E-state index in [1.165, 1.54) is 0 Å². The number of hydrogen-bond acceptors (Lipinski definition) is 4. The lowest BCUT2D eigenvalue weighted by Gasteiger charge is -2.31. The van der Waals surface area contributed by atoms with Crippen LogP contribution in [0, 0.1) is 19.8 Å². The first-order chi connectivity index (χ1) is 14.4. The minimum atomic E-state index is -3.47. The molecule has 0 spiro atoms. The summed E-state index contributed by atoms with van der Waals surface area (Å²) in [6.07, 6.45) is 2.10. The van der Waals surface area contributed by atoms with Crippen LogP contribution in [0.25, 0.3) is 5.69 Å². The van der Waals surface area contributed by atoms with Gasteiger partial charge in [-0.25, -0.2) is 22.9 Å². The van der Waals surface area contributed by atoms with Gasteiger partial charge in [-0.15, -0.1) is 0 Å². The first-order valence-electron chi connectivity index (χ1n) is 10.2. The minimum Gasteiger partial charge on any atom is -0.247 e. The maximum absolute atomic E-state index is 12.9. The molecule has 0 amide bonds. The van der Waals surface area contributed by atoms with Crippen molar-refractivity contribution in [3.63, 3.8) is 0 Å². The minimum absolute atomic E-state index is 0.251. The van der Waals surface area contributed by atoms with Gasteiger partial charge < -0.3 is 0 Å². The first kappa shape index (κ1) is 20.6. The molecular formula is C22H26N4O3S. The number of piperidine rings is 1. The number of sulfonamides is 1. The molecule has 0 aliphatic carbocycles. The number of nitrogens with one attached hydrogen (secondary N) is 1. The molecule has 30 heavy (non-hydrogen) atoms. The highest BCUT2D eigenvalue weighted by molar-refractivity contribution is 7.89. The Morgan fingerprint density at radius 3 is 2.37 bits per heavy atom. The molecule has 0 radical (unpaired) electrons. The third-order valence-electron chi connectivity index (χ3n) is 5.80. The quantitative estimate of drug-likeness (QED) is 0.680. The highest BCUT2D eigenvalue weighted by atomic mass is 32.2. The molecule has 4 rings (SSSR count). The van der Waals surface area contributed by atoms with Gasteiger partial charge in [-0.1, -0.05) is 35.9 Å². The number of para-hydroxylation sites is 1. The molecule has 2 aromatic carbocycles. The molecule has 0 unspecified atom stereocenters. The fourth-order valence-corrected chi connectivity index (χ4v) is 5.47. The molecule has 1 aliphatic rings. The van der Waals surface area contributed by atoms with Crippen molar-refractivity contribution in [2.45, 2.75) is 38.0 Å². The smallest absolute Gasteiger partial charge is 0.247 e. The van der Waals surface area contributed by atoms with Gasteiger partial charge in [-0.2, -0.15) is 9.40 Å². The summed E-state index contributed by atoms with van der Waals surface area (Å²) >= 11 is 0. The zero-order valence-electron chi connectivity index (χ0n) is 17.2. The van der Waals surface area contributed by atoms with Crippen LogP contribution in [0.1, 0.15) is 29.8 Å². The molecule has 1 aliphatic heterocycles. The zero-order chi connectivity index (χ0) is 21.3. The van der Waals surface area contributed by atoms with Crippen molar-refractivity contribution in [3.8, 4) is 5.69 Å². The van der Waals surface area contributed by atoms with E-state index in [-0.39, 0.29) is 11.6 Å². The van der Waals surface area contributed by atoms with E-state index >= 15 is 0 Å². The highest BCUT2D eigenvalue weighted by Crippen LogP contribution is 2.26. The van der Waals surface area contributed by atoms with E-state index < -0.39 is 10.0 Å². The molecule has 1 N–H and O–H groups in total. The summed E-state index contributed by atoms with van der Waals surface area (Å²) in [4.78, 5) is 12.7. The molecule has 0 saturated carbocycles. The van der Waals surface area contributed by atoms with Gasteiger partial charge in [0, 0.05) is 19.5 Å². The molecule has 0 atom stereocenters. The van der Waals surface area contributed by atoms with Crippen LogP contribution in [-0.2, 0) is 16.4 Å². The average molecular weight is 427 g/mol. The van der Waals surface area contributed by atoms with E-state index in [1.807, 2.05) is 50.2 Å². The van der Waals surface area contributed by atoms with Crippen LogP contribution < -0.4 is 5.69 Å². The molecule has 7 nitrogen and oxygen atoms in total. The second-order valence-electron chi connectivity index (χ2n) is 7.93. The lowest BCUT2D eigenvalue weighted by atomic mass is 9.94. The van der Waals surface area contributed by atoms with Crippen LogP contribution in [-0.4, -0.2) is 40.6 Å². The van der Waals surface area contributed by atoms with Gasteiger partial charge in [0.1, 0.15) is 5.82 Å². The Kier molecular flexibility index (Phi) is 5.62. The second kappa shape index (κ2) is 8.20. The SMILES string of the molecule is Cc1ccc(S(=O)(=O)N2CCC(Cc3n[nH]c(=O)n3-c3ccccc3C)CC2)cc1. The van der Waals surface area contributed by atoms with Gasteiger partial charge in [-0.3, -0.25) is 0 Å². The van der Waals surface area contributed by atoms with E-state index in [0.29, 0.717) is 30.2 Å². The summed E-state index contributed by atoms with van der Waals surface area (Å²) in [5.74, 6) is 0.960. The summed E-state index contributed by atoms with van der Waals surface area (Å²) < 4.78 is 29.0. The van der Waals surface area contributed by atoms with Gasteiger partial charge in [0.25, 0.3) is 0 Å². The number of aromatic nitrogens is 3. The monoisotopic (exact) mass is 426 g/mol. The third-order valence-corrected chi connectivity index (χ3v) is 7.71. The average Bonchev–Trinajstić information content (AvgIpc) is 3.09. The van der Waals surface area contributed by atoms with Gasteiger partial charge in [0.2, 0.25) is 10.0 Å². The fraction of sp³-hybridized carbons (Fsp3) is 0.364. The van der Waals surface area contributed by atoms with Crippen LogP contribution in [0.2, 0.25) is 0 Å². The number of aryl methyl sites for hydroxylation is 2. The molecule has 158 valence electrons. The van der Waals surface area contributed by atoms with E-state index in [4.69, 9.17) is 0 Å². The van der Waals surface area contributed by atoms with Crippen LogP contribution >= 0.6 is 0 Å². The van der Waals surface area contributed by atoms with Crippen molar-refractivity contribution in [3.05, 3.63) is 76.0 Å². The lowest BCUT2D eigenvalue weighted by molar-refractivity contribution is 0.269. The zero-order valence-corrected chi connectivity index (χ0v) is 18.0. The van der Waals surface area contributed by atoms with Crippen LogP contribution in [0.15, 0.2) is 58.2 Å². The Morgan fingerprint density at radius 1 is 1.03 bits per heavy atom. The standard InChI is InChI=1S/C22H26N4O3S/c1-16-7-9-19(10-8-16)30(28,29)25-13-11-18(12-14-25)15-21-23-24-22(27)26(21)20-6-4-3-5-17(20)2/h3-10,18H,11-15H2,1-2H3,(H,24,27). The van der Waals surface area contributed by atoms with E-state index in [2.05, 4.69) is 10.2 Å². The Labute approximate surface area is 176 Å². The van der Waals surface area contributed by atoms with Gasteiger partial charge in [0.05, 0.1) is 10.6 Å². The Morgan fingerprint density at radius 2 is 1.70 bits per heavy atom. The lowest BCUT2D eigenvalue weighted by Crippen LogP contribution is -2.39. The van der Waals surface area contributed by atoms with Crippen molar-refractivity contribution in [2.75, 3.05) is 13.1 Å². The molecular weight excluding hydrogens is 400 g/mol. The van der Waals surface area contributed by atoms with E-state index in [1.54, 1.807) is 21.0 Å². The van der Waals surface area contributed by atoms with Crippen LogP contribution in [0.4, 0.5) is 0 Å². The van der Waals surface area contributed by atoms with Crippen molar-refractivity contribution in [1.82, 2.24) is 19.1 Å². The maximum Gasteiger partial charge on any atom is 0.347 e. The summed E-state index contributed by atoms with van der Waals surface area (Å²) in [6, 6.07) is 14.7. The molecule has 3 aromatic rings. The summed E-state index contributed by atoms with van der Waals surface area (Å²) in [6.45, 7) is 4.85. The van der Waals surface area contributed by atoms with Gasteiger partial charge >= 0.3 is 5.69 Å². The van der Waals surface area contributed by atoms with E-state index in [0.717, 1.165) is 29.7 Å². The predicted molar refractivity (Wildman–Crippen MR) is 115 cm³/mol. The Balaban J connectivity index is 1.47. The van der Waals surface area contributed by atoms with Gasteiger partial charge in [-0.05, 0) is 56.4 Å². The van der Waals surface area contributed by atoms with Crippen LogP contribution in [0.3, 0.4) is 0 Å². The van der Waals surface area contributed by atoms with Gasteiger partial charge in [0.15, 0.2) is 0 Å². The van der Waals surface area contributed by atoms with Crippen molar-refractivity contribution >= 4 is 10.0 Å². The summed E-state index contributed by atoms with van der Waals surface area (Å²) in [7, 11) is -3.47. The normalized spacial score (nSPS) is 16.1. The highest BCUT2D eigenvalue weighted by Gasteiger charge is 2.30. The molecule has 1 aromatic heterocycles. The Hall–Kier alpha value is -2.71. The van der Waals surface area contributed by atoms with Crippen LogP contribution in [0.5, 0.6) is 0 Å². The fourth-order valence-electron chi connectivity index (χ4n) is 4.00. The third kappa shape index (κ3) is 3.97. The molecule has 8 heteroatoms. The number of hydrogen-bond donors (Lipinski definition) is 1. The number of H-pyrrole nitrogens is 1. The number of aromatic amines is 1. The number of benzene rings is 2. The summed E-state index contributed by atoms with van der Waals surface area (Å²) in [5.41, 5.74) is 2.61. The largest absolute Gasteiger partial charge is 0.347 e. The second-order valence-corrected chi connectivity index (χ2v) is 9.87. The van der Waals surface area contributed by atoms with Crippen molar-refractivity contribution in [2.24, 2.45) is 5.92 Å².